The lowest BCUT2D eigenvalue weighted by atomic mass is 10.0. The van der Waals surface area contributed by atoms with Crippen molar-refractivity contribution in [1.29, 1.82) is 0 Å². The van der Waals surface area contributed by atoms with Crippen LogP contribution in [0.5, 0.6) is 0 Å². The Balaban J connectivity index is 3.34. The summed E-state index contributed by atoms with van der Waals surface area (Å²) in [4.78, 5) is 24.4. The van der Waals surface area contributed by atoms with Gasteiger partial charge in [0, 0.05) is 12.8 Å². The van der Waals surface area contributed by atoms with Gasteiger partial charge in [-0.15, -0.1) is 0 Å². The van der Waals surface area contributed by atoms with E-state index in [1.807, 2.05) is 6.08 Å². The van der Waals surface area contributed by atoms with E-state index in [1.165, 1.54) is 276 Å². The first-order valence-electron chi connectivity index (χ1n) is 30.5. The number of ether oxygens (including phenoxy) is 1. The second-order valence-corrected chi connectivity index (χ2v) is 21.0. The van der Waals surface area contributed by atoms with Gasteiger partial charge in [0.1, 0.15) is 0 Å². The summed E-state index contributed by atoms with van der Waals surface area (Å²) < 4.78 is 5.47. The molecule has 2 atom stereocenters. The minimum absolute atomic E-state index is 0.0177. The smallest absolute Gasteiger partial charge is 0.305 e. The van der Waals surface area contributed by atoms with E-state index in [9.17, 15) is 19.8 Å². The van der Waals surface area contributed by atoms with Crippen molar-refractivity contribution in [2.24, 2.45) is 0 Å². The molecule has 398 valence electrons. The Bertz CT molecular complexity index is 1000. The molecule has 0 aliphatic rings. The number of esters is 1. The van der Waals surface area contributed by atoms with Crippen molar-refractivity contribution in [1.82, 2.24) is 5.32 Å². The predicted molar refractivity (Wildman–Crippen MR) is 292 cm³/mol. The highest BCUT2D eigenvalue weighted by molar-refractivity contribution is 5.76. The van der Waals surface area contributed by atoms with E-state index in [2.05, 4.69) is 19.2 Å². The second-order valence-electron chi connectivity index (χ2n) is 21.0. The van der Waals surface area contributed by atoms with Crippen LogP contribution in [0.1, 0.15) is 341 Å². The van der Waals surface area contributed by atoms with Crippen molar-refractivity contribution in [3.63, 3.8) is 0 Å². The lowest BCUT2D eigenvalue weighted by molar-refractivity contribution is -0.143. The zero-order chi connectivity index (χ0) is 48.6. The number of unbranched alkanes of at least 4 members (excludes halogenated alkanes) is 46. The second kappa shape index (κ2) is 57.2. The van der Waals surface area contributed by atoms with Crippen LogP contribution in [-0.2, 0) is 14.3 Å². The molecule has 6 nitrogen and oxygen atoms in total. The summed E-state index contributed by atoms with van der Waals surface area (Å²) in [6.45, 7) is 4.91. The molecule has 2 unspecified atom stereocenters. The Kier molecular flexibility index (Phi) is 56.0. The summed E-state index contributed by atoms with van der Waals surface area (Å²) in [6, 6.07) is -0.623. The molecule has 67 heavy (non-hydrogen) atoms. The first-order valence-corrected chi connectivity index (χ1v) is 30.5. The van der Waals surface area contributed by atoms with Crippen LogP contribution in [0.4, 0.5) is 0 Å². The van der Waals surface area contributed by atoms with E-state index in [4.69, 9.17) is 4.74 Å². The van der Waals surface area contributed by atoms with E-state index < -0.39 is 12.1 Å². The van der Waals surface area contributed by atoms with Gasteiger partial charge in [-0.2, -0.15) is 0 Å². The van der Waals surface area contributed by atoms with Crippen LogP contribution in [-0.4, -0.2) is 47.4 Å². The number of rotatable bonds is 57. The van der Waals surface area contributed by atoms with Crippen molar-refractivity contribution in [3.8, 4) is 0 Å². The van der Waals surface area contributed by atoms with Gasteiger partial charge in [0.25, 0.3) is 0 Å². The molecule has 3 N–H and O–H groups in total. The van der Waals surface area contributed by atoms with Gasteiger partial charge in [-0.25, -0.2) is 0 Å². The number of allylic oxidation sites excluding steroid dienone is 1. The Morgan fingerprint density at radius 1 is 0.403 bits per heavy atom. The van der Waals surface area contributed by atoms with Gasteiger partial charge in [-0.05, 0) is 32.1 Å². The van der Waals surface area contributed by atoms with Crippen LogP contribution in [0.25, 0.3) is 0 Å². The number of aliphatic hydroxyl groups excluding tert-OH is 2. The highest BCUT2D eigenvalue weighted by Gasteiger charge is 2.18. The average Bonchev–Trinajstić information content (AvgIpc) is 3.33. The van der Waals surface area contributed by atoms with Crippen LogP contribution in [0.2, 0.25) is 0 Å². The van der Waals surface area contributed by atoms with Gasteiger partial charge in [0.2, 0.25) is 5.91 Å². The van der Waals surface area contributed by atoms with Crippen molar-refractivity contribution < 1.29 is 24.5 Å². The SMILES string of the molecule is CCCCCCCCCCCC/C=C/C(O)C(CO)NC(=O)CCCCCCCCCCCCCCCCCCCCCCCCCCCCCOC(=O)CCCCCCCCCCCCC. The number of carbonyl (C=O) groups excluding carboxylic acids is 2. The molecule has 0 bridgehead atoms. The van der Waals surface area contributed by atoms with E-state index >= 15 is 0 Å². The van der Waals surface area contributed by atoms with Crippen molar-refractivity contribution in [2.45, 2.75) is 353 Å². The van der Waals surface area contributed by atoms with Crippen LogP contribution in [0.3, 0.4) is 0 Å². The fourth-order valence-electron chi connectivity index (χ4n) is 9.64. The van der Waals surface area contributed by atoms with Crippen molar-refractivity contribution in [3.05, 3.63) is 12.2 Å². The summed E-state index contributed by atoms with van der Waals surface area (Å²) >= 11 is 0. The number of hydrogen-bond donors (Lipinski definition) is 3. The zero-order valence-corrected chi connectivity index (χ0v) is 45.4. The minimum Gasteiger partial charge on any atom is -0.466 e. The van der Waals surface area contributed by atoms with Crippen LogP contribution in [0.15, 0.2) is 12.2 Å². The molecule has 6 heteroatoms. The molecule has 0 rings (SSSR count). The molecule has 0 aromatic rings. The maximum Gasteiger partial charge on any atom is 0.305 e. The van der Waals surface area contributed by atoms with E-state index in [1.54, 1.807) is 6.08 Å². The molecule has 0 saturated carbocycles. The third-order valence-electron chi connectivity index (χ3n) is 14.3. The van der Waals surface area contributed by atoms with Crippen molar-refractivity contribution in [2.75, 3.05) is 13.2 Å². The normalized spacial score (nSPS) is 12.6. The Hall–Kier alpha value is -1.40. The molecule has 0 aromatic heterocycles. The Morgan fingerprint density at radius 2 is 0.687 bits per heavy atom. The molecular formula is C61H119NO5. The first-order chi connectivity index (χ1) is 33.0. The summed E-state index contributed by atoms with van der Waals surface area (Å²) in [5.74, 6) is -0.0468. The molecule has 0 aliphatic heterocycles. The molecule has 0 aliphatic carbocycles. The molecular weight excluding hydrogens is 827 g/mol. The quantitative estimate of drug-likeness (QED) is 0.0321. The standard InChI is InChI=1S/C61H119NO5/c1-3-5-7-9-11-13-15-34-37-41-45-49-53-59(64)58(57-63)62-60(65)54-50-46-42-38-35-31-29-27-25-23-21-19-17-16-18-20-22-24-26-28-30-32-36-40-44-48-52-56-67-61(66)55-51-47-43-39-33-14-12-10-8-6-4-2/h49,53,58-59,63-64H,3-48,50-52,54-57H2,1-2H3,(H,62,65)/b53-49+. The van der Waals surface area contributed by atoms with Crippen LogP contribution >= 0.6 is 0 Å². The lowest BCUT2D eigenvalue weighted by Crippen LogP contribution is -2.45. The minimum atomic E-state index is -0.840. The molecule has 0 radical (unpaired) electrons. The first kappa shape index (κ1) is 65.6. The zero-order valence-electron chi connectivity index (χ0n) is 45.4. The summed E-state index contributed by atoms with van der Waals surface area (Å²) in [7, 11) is 0. The fourth-order valence-corrected chi connectivity index (χ4v) is 9.64. The van der Waals surface area contributed by atoms with E-state index in [-0.39, 0.29) is 18.5 Å². The monoisotopic (exact) mass is 946 g/mol. The maximum absolute atomic E-state index is 12.4. The number of aliphatic hydroxyl groups is 2. The summed E-state index contributed by atoms with van der Waals surface area (Å²) in [5.41, 5.74) is 0. The molecule has 0 saturated heterocycles. The molecule has 1 amide bonds. The molecule has 0 fully saturated rings. The average molecular weight is 947 g/mol. The number of hydrogen-bond acceptors (Lipinski definition) is 5. The third kappa shape index (κ3) is 53.8. The molecule has 0 heterocycles. The number of carbonyl (C=O) groups is 2. The van der Waals surface area contributed by atoms with Gasteiger partial charge in [0.15, 0.2) is 0 Å². The van der Waals surface area contributed by atoms with Gasteiger partial charge in [0.05, 0.1) is 25.4 Å². The number of nitrogens with one attached hydrogen (secondary N) is 1. The van der Waals surface area contributed by atoms with E-state index in [0.717, 1.165) is 38.5 Å². The largest absolute Gasteiger partial charge is 0.466 e. The Morgan fingerprint density at radius 3 is 1.01 bits per heavy atom. The molecule has 0 spiro atoms. The van der Waals surface area contributed by atoms with Gasteiger partial charge >= 0.3 is 5.97 Å². The Labute approximate surface area is 419 Å². The fraction of sp³-hybridized carbons (Fsp3) is 0.934. The highest BCUT2D eigenvalue weighted by Crippen LogP contribution is 2.18. The molecule has 0 aromatic carbocycles. The third-order valence-corrected chi connectivity index (χ3v) is 14.3. The maximum atomic E-state index is 12.4. The predicted octanol–water partition coefficient (Wildman–Crippen LogP) is 18.9. The van der Waals surface area contributed by atoms with Gasteiger partial charge in [-0.3, -0.25) is 9.59 Å². The summed E-state index contributed by atoms with van der Waals surface area (Å²) in [6.07, 6.45) is 68.3. The number of amides is 1. The van der Waals surface area contributed by atoms with Crippen molar-refractivity contribution >= 4 is 11.9 Å². The topological polar surface area (TPSA) is 95.9 Å². The van der Waals surface area contributed by atoms with Crippen LogP contribution < -0.4 is 5.32 Å². The van der Waals surface area contributed by atoms with E-state index in [0.29, 0.717) is 19.4 Å². The lowest BCUT2D eigenvalue weighted by Gasteiger charge is -2.20. The van der Waals surface area contributed by atoms with Gasteiger partial charge < -0.3 is 20.3 Å². The van der Waals surface area contributed by atoms with Crippen LogP contribution in [0, 0.1) is 0 Å². The summed E-state index contributed by atoms with van der Waals surface area (Å²) in [5, 5.41) is 23.1. The highest BCUT2D eigenvalue weighted by atomic mass is 16.5. The van der Waals surface area contributed by atoms with Gasteiger partial charge in [-0.1, -0.05) is 309 Å².